The van der Waals surface area contributed by atoms with E-state index >= 15 is 0 Å². The third-order valence-electron chi connectivity index (χ3n) is 2.79. The lowest BCUT2D eigenvalue weighted by atomic mass is 10.1. The van der Waals surface area contributed by atoms with Gasteiger partial charge in [-0.15, -0.1) is 0 Å². The Morgan fingerprint density at radius 1 is 1.05 bits per heavy atom. The molecule has 0 aliphatic heterocycles. The maximum absolute atomic E-state index is 6.14. The summed E-state index contributed by atoms with van der Waals surface area (Å²) in [5, 5.41) is 4.76. The van der Waals surface area contributed by atoms with E-state index in [4.69, 9.17) is 27.9 Å². The van der Waals surface area contributed by atoms with Crippen molar-refractivity contribution < 1.29 is 4.74 Å². The number of para-hydroxylation sites is 1. The molecule has 0 amide bonds. The molecule has 0 saturated heterocycles. The van der Waals surface area contributed by atoms with Gasteiger partial charge in [-0.2, -0.15) is 0 Å². The molecule has 0 unspecified atom stereocenters. The van der Waals surface area contributed by atoms with Gasteiger partial charge >= 0.3 is 0 Å². The largest absolute Gasteiger partial charge is 0.381 e. The van der Waals surface area contributed by atoms with E-state index in [1.807, 2.05) is 36.4 Å². The molecular weight excluding hydrogens is 281 g/mol. The second-order valence-electron chi connectivity index (χ2n) is 4.18. The molecule has 19 heavy (non-hydrogen) atoms. The van der Waals surface area contributed by atoms with Crippen molar-refractivity contribution in [3.8, 4) is 0 Å². The Hall–Kier alpha value is -1.22. The molecule has 0 spiro atoms. The second kappa shape index (κ2) is 6.80. The van der Waals surface area contributed by atoms with Crippen molar-refractivity contribution in [2.45, 2.75) is 13.2 Å². The third-order valence-corrected chi connectivity index (χ3v) is 3.40. The standard InChI is InChI=1S/C15H15Cl2NO/c1-19-10-11-4-2-3-5-15(11)18-9-12-8-13(16)6-7-14(12)17/h2-8,18H,9-10H2,1H3. The molecule has 0 aliphatic carbocycles. The molecule has 0 atom stereocenters. The molecule has 0 radical (unpaired) electrons. The topological polar surface area (TPSA) is 21.3 Å². The second-order valence-corrected chi connectivity index (χ2v) is 5.02. The maximum atomic E-state index is 6.14. The van der Waals surface area contributed by atoms with Crippen molar-refractivity contribution >= 4 is 28.9 Å². The smallest absolute Gasteiger partial charge is 0.0733 e. The zero-order chi connectivity index (χ0) is 13.7. The molecule has 0 saturated carbocycles. The molecule has 0 aliphatic rings. The van der Waals surface area contributed by atoms with Crippen LogP contribution in [0.2, 0.25) is 10.0 Å². The summed E-state index contributed by atoms with van der Waals surface area (Å²) in [7, 11) is 1.69. The van der Waals surface area contributed by atoms with E-state index in [0.29, 0.717) is 23.2 Å². The van der Waals surface area contributed by atoms with Crippen molar-refractivity contribution in [2.75, 3.05) is 12.4 Å². The van der Waals surface area contributed by atoms with Crippen LogP contribution in [0, 0.1) is 0 Å². The van der Waals surface area contributed by atoms with Crippen molar-refractivity contribution in [3.05, 3.63) is 63.6 Å². The molecule has 2 aromatic rings. The highest BCUT2D eigenvalue weighted by molar-refractivity contribution is 6.33. The normalized spacial score (nSPS) is 10.5. The molecule has 0 aromatic heterocycles. The highest BCUT2D eigenvalue weighted by Gasteiger charge is 2.04. The van der Waals surface area contributed by atoms with Gasteiger partial charge in [-0.25, -0.2) is 0 Å². The van der Waals surface area contributed by atoms with Crippen LogP contribution in [0.15, 0.2) is 42.5 Å². The number of halogens is 2. The van der Waals surface area contributed by atoms with Gasteiger partial charge in [-0.3, -0.25) is 0 Å². The van der Waals surface area contributed by atoms with Crippen molar-refractivity contribution in [1.29, 1.82) is 0 Å². The highest BCUT2D eigenvalue weighted by Crippen LogP contribution is 2.23. The number of nitrogens with one attached hydrogen (secondary N) is 1. The first-order valence-corrected chi connectivity index (χ1v) is 6.71. The fourth-order valence-corrected chi connectivity index (χ4v) is 2.22. The molecule has 1 N–H and O–H groups in total. The average Bonchev–Trinajstić information content (AvgIpc) is 2.42. The lowest BCUT2D eigenvalue weighted by molar-refractivity contribution is 0.185. The predicted octanol–water partition coefficient (Wildman–Crippen LogP) is 4.75. The van der Waals surface area contributed by atoms with Crippen LogP contribution >= 0.6 is 23.2 Å². The number of anilines is 1. The summed E-state index contributed by atoms with van der Waals surface area (Å²) in [6, 6.07) is 13.5. The van der Waals surface area contributed by atoms with Crippen LogP contribution in [-0.4, -0.2) is 7.11 Å². The summed E-state index contributed by atoms with van der Waals surface area (Å²) in [5.74, 6) is 0. The van der Waals surface area contributed by atoms with E-state index in [-0.39, 0.29) is 0 Å². The minimum absolute atomic E-state index is 0.576. The first-order valence-electron chi connectivity index (χ1n) is 5.95. The van der Waals surface area contributed by atoms with Crippen LogP contribution in [0.4, 0.5) is 5.69 Å². The number of ether oxygens (including phenoxy) is 1. The van der Waals surface area contributed by atoms with Crippen molar-refractivity contribution in [1.82, 2.24) is 0 Å². The summed E-state index contributed by atoms with van der Waals surface area (Å²) in [6.07, 6.45) is 0. The van der Waals surface area contributed by atoms with E-state index < -0.39 is 0 Å². The summed E-state index contributed by atoms with van der Waals surface area (Å²) in [6.45, 7) is 1.20. The fourth-order valence-electron chi connectivity index (χ4n) is 1.84. The third kappa shape index (κ3) is 3.87. The number of hydrogen-bond acceptors (Lipinski definition) is 2. The van der Waals surface area contributed by atoms with E-state index in [1.165, 1.54) is 0 Å². The monoisotopic (exact) mass is 295 g/mol. The molecule has 0 heterocycles. The van der Waals surface area contributed by atoms with Gasteiger partial charge in [-0.05, 0) is 29.8 Å². The summed E-state index contributed by atoms with van der Waals surface area (Å²) in [5.41, 5.74) is 3.13. The molecule has 100 valence electrons. The van der Waals surface area contributed by atoms with Gasteiger partial charge in [0.1, 0.15) is 0 Å². The van der Waals surface area contributed by atoms with Crippen molar-refractivity contribution in [2.24, 2.45) is 0 Å². The van der Waals surface area contributed by atoms with Crippen LogP contribution < -0.4 is 5.32 Å². The van der Waals surface area contributed by atoms with E-state index in [1.54, 1.807) is 13.2 Å². The number of rotatable bonds is 5. The first kappa shape index (κ1) is 14.2. The van der Waals surface area contributed by atoms with Gasteiger partial charge < -0.3 is 10.1 Å². The predicted molar refractivity (Wildman–Crippen MR) is 80.9 cm³/mol. The zero-order valence-electron chi connectivity index (χ0n) is 10.6. The van der Waals surface area contributed by atoms with Crippen molar-refractivity contribution in [3.63, 3.8) is 0 Å². The average molecular weight is 296 g/mol. The van der Waals surface area contributed by atoms with E-state index in [9.17, 15) is 0 Å². The lowest BCUT2D eigenvalue weighted by Gasteiger charge is -2.12. The van der Waals surface area contributed by atoms with Crippen LogP contribution in [0.25, 0.3) is 0 Å². The van der Waals surface area contributed by atoms with Gasteiger partial charge in [0.15, 0.2) is 0 Å². The zero-order valence-corrected chi connectivity index (χ0v) is 12.1. The molecular formula is C15H15Cl2NO. The van der Waals surface area contributed by atoms with Gasteiger partial charge in [0.05, 0.1) is 6.61 Å². The van der Waals surface area contributed by atoms with E-state index in [0.717, 1.165) is 16.8 Å². The Labute approximate surface area is 123 Å². The number of benzene rings is 2. The van der Waals surface area contributed by atoms with Crippen LogP contribution in [-0.2, 0) is 17.9 Å². The van der Waals surface area contributed by atoms with Crippen LogP contribution in [0.5, 0.6) is 0 Å². The Bertz CT molecular complexity index is 558. The molecule has 0 bridgehead atoms. The van der Waals surface area contributed by atoms with E-state index in [2.05, 4.69) is 5.32 Å². The fraction of sp³-hybridized carbons (Fsp3) is 0.200. The summed E-state index contributed by atoms with van der Waals surface area (Å²) < 4.78 is 5.18. The van der Waals surface area contributed by atoms with Gasteiger partial charge in [-0.1, -0.05) is 41.4 Å². The van der Waals surface area contributed by atoms with Gasteiger partial charge in [0.2, 0.25) is 0 Å². The van der Waals surface area contributed by atoms with Crippen LogP contribution in [0.1, 0.15) is 11.1 Å². The Morgan fingerprint density at radius 3 is 2.63 bits per heavy atom. The quantitative estimate of drug-likeness (QED) is 0.859. The molecule has 0 fully saturated rings. The lowest BCUT2D eigenvalue weighted by Crippen LogP contribution is -2.03. The molecule has 2 nitrogen and oxygen atoms in total. The molecule has 4 heteroatoms. The Balaban J connectivity index is 2.12. The molecule has 2 rings (SSSR count). The maximum Gasteiger partial charge on any atom is 0.0733 e. The number of methoxy groups -OCH3 is 1. The minimum Gasteiger partial charge on any atom is -0.381 e. The Morgan fingerprint density at radius 2 is 1.84 bits per heavy atom. The highest BCUT2D eigenvalue weighted by atomic mass is 35.5. The van der Waals surface area contributed by atoms with Gasteiger partial charge in [0.25, 0.3) is 0 Å². The minimum atomic E-state index is 0.576. The first-order chi connectivity index (χ1) is 9.20. The van der Waals surface area contributed by atoms with Crippen LogP contribution in [0.3, 0.4) is 0 Å². The van der Waals surface area contributed by atoms with Gasteiger partial charge in [0, 0.05) is 35.0 Å². The number of hydrogen-bond donors (Lipinski definition) is 1. The SMILES string of the molecule is COCc1ccccc1NCc1cc(Cl)ccc1Cl. The molecule has 2 aromatic carbocycles. The summed E-state index contributed by atoms with van der Waals surface area (Å²) in [4.78, 5) is 0. The Kier molecular flexibility index (Phi) is 5.08. The summed E-state index contributed by atoms with van der Waals surface area (Å²) >= 11 is 12.1.